The maximum absolute atomic E-state index is 13.2. The monoisotopic (exact) mass is 385 g/mol. The molecule has 0 aliphatic carbocycles. The fourth-order valence-corrected chi connectivity index (χ4v) is 4.59. The number of rotatable bonds is 5. The highest BCUT2D eigenvalue weighted by Crippen LogP contribution is 2.38. The Labute approximate surface area is 158 Å². The van der Waals surface area contributed by atoms with Gasteiger partial charge in [0.1, 0.15) is 5.70 Å². The Morgan fingerprint density at radius 3 is 2.22 bits per heavy atom. The summed E-state index contributed by atoms with van der Waals surface area (Å²) >= 11 is 0. The van der Waals surface area contributed by atoms with Gasteiger partial charge in [-0.15, -0.1) is 0 Å². The van der Waals surface area contributed by atoms with E-state index < -0.39 is 21.8 Å². The van der Waals surface area contributed by atoms with Crippen molar-refractivity contribution in [3.05, 3.63) is 71.4 Å². The van der Waals surface area contributed by atoms with Crippen LogP contribution < -0.4 is 0 Å². The molecule has 0 bridgehead atoms. The summed E-state index contributed by atoms with van der Waals surface area (Å²) in [6, 6.07) is 14.5. The number of benzene rings is 2. The van der Waals surface area contributed by atoms with Gasteiger partial charge < -0.3 is 4.74 Å². The Morgan fingerprint density at radius 2 is 1.59 bits per heavy atom. The highest BCUT2D eigenvalue weighted by atomic mass is 32.2. The van der Waals surface area contributed by atoms with Crippen LogP contribution in [0, 0.1) is 0 Å². The fraction of sp³-hybridized carbons (Fsp3) is 0.200. The lowest BCUT2D eigenvalue weighted by Gasteiger charge is -2.32. The summed E-state index contributed by atoms with van der Waals surface area (Å²) in [5, 5.41) is 0. The number of esters is 1. The topological polar surface area (TPSA) is 80.8 Å². The zero-order valence-electron chi connectivity index (χ0n) is 15.0. The Hall–Kier alpha value is -2.93. The van der Waals surface area contributed by atoms with Gasteiger partial charge in [0.2, 0.25) is 5.78 Å². The van der Waals surface area contributed by atoms with Gasteiger partial charge in [-0.2, -0.15) is 0 Å². The molecule has 0 unspecified atom stereocenters. The van der Waals surface area contributed by atoms with Crippen LogP contribution in [0.5, 0.6) is 0 Å². The number of likely N-dealkylation sites (N-methyl/N-ethyl adjacent to an activating group) is 1. The van der Waals surface area contributed by atoms with E-state index in [0.29, 0.717) is 5.56 Å². The third-order valence-corrected chi connectivity index (χ3v) is 6.14. The molecule has 0 saturated carbocycles. The molecule has 0 amide bonds. The number of carbonyl (C=O) groups is 2. The van der Waals surface area contributed by atoms with Gasteiger partial charge in [0.25, 0.3) is 10.0 Å². The first-order chi connectivity index (χ1) is 12.9. The van der Waals surface area contributed by atoms with Crippen molar-refractivity contribution in [1.29, 1.82) is 0 Å². The first kappa shape index (κ1) is 18.8. The molecule has 7 heteroatoms. The van der Waals surface area contributed by atoms with Gasteiger partial charge in [-0.1, -0.05) is 49.4 Å². The van der Waals surface area contributed by atoms with Crippen molar-refractivity contribution >= 4 is 27.5 Å². The number of hydrogen-bond acceptors (Lipinski definition) is 5. The van der Waals surface area contributed by atoms with Gasteiger partial charge in [0.15, 0.2) is 5.76 Å². The number of ether oxygens (including phenoxy) is 1. The van der Waals surface area contributed by atoms with Crippen LogP contribution in [0.4, 0.5) is 0 Å². The van der Waals surface area contributed by atoms with E-state index in [1.807, 2.05) is 0 Å². The third-order valence-electron chi connectivity index (χ3n) is 4.21. The molecule has 27 heavy (non-hydrogen) atoms. The van der Waals surface area contributed by atoms with Gasteiger partial charge in [0, 0.05) is 24.1 Å². The summed E-state index contributed by atoms with van der Waals surface area (Å²) in [6.45, 7) is 3.28. The third kappa shape index (κ3) is 3.26. The highest BCUT2D eigenvalue weighted by molar-refractivity contribution is 7.89. The summed E-state index contributed by atoms with van der Waals surface area (Å²) < 4.78 is 32.6. The van der Waals surface area contributed by atoms with Crippen LogP contribution >= 0.6 is 0 Å². The lowest BCUT2D eigenvalue weighted by atomic mass is 10.0. The maximum Gasteiger partial charge on any atom is 0.310 e. The number of carbonyl (C=O) groups excluding carboxylic acids is 2. The van der Waals surface area contributed by atoms with Crippen molar-refractivity contribution in [2.24, 2.45) is 0 Å². The summed E-state index contributed by atoms with van der Waals surface area (Å²) in [7, 11) is -3.95. The average Bonchev–Trinajstić information content (AvgIpc) is 2.69. The van der Waals surface area contributed by atoms with E-state index in [2.05, 4.69) is 0 Å². The molecule has 2 aromatic carbocycles. The van der Waals surface area contributed by atoms with Crippen LogP contribution in [-0.4, -0.2) is 31.0 Å². The molecule has 0 aromatic heterocycles. The lowest BCUT2D eigenvalue weighted by molar-refractivity contribution is -0.136. The van der Waals surface area contributed by atoms with Gasteiger partial charge in [0.05, 0.1) is 4.90 Å². The summed E-state index contributed by atoms with van der Waals surface area (Å²) in [6.07, 6.45) is 0.0946. The van der Waals surface area contributed by atoms with Crippen LogP contribution in [-0.2, 0) is 19.6 Å². The summed E-state index contributed by atoms with van der Waals surface area (Å²) in [5.74, 6) is -1.09. The van der Waals surface area contributed by atoms with E-state index in [9.17, 15) is 18.0 Å². The number of ketones is 1. The predicted molar refractivity (Wildman–Crippen MR) is 100 cm³/mol. The van der Waals surface area contributed by atoms with Crippen LogP contribution in [0.2, 0.25) is 0 Å². The number of nitrogens with zero attached hydrogens (tertiary/aromatic N) is 1. The number of allylic oxidation sites excluding steroid dienone is 1. The first-order valence-electron chi connectivity index (χ1n) is 8.58. The van der Waals surface area contributed by atoms with Crippen molar-refractivity contribution in [3.8, 4) is 0 Å². The second-order valence-electron chi connectivity index (χ2n) is 5.87. The van der Waals surface area contributed by atoms with Crippen LogP contribution in [0.25, 0.3) is 5.76 Å². The number of sulfonamides is 1. The van der Waals surface area contributed by atoms with Crippen molar-refractivity contribution in [2.45, 2.75) is 25.2 Å². The van der Waals surface area contributed by atoms with E-state index in [4.69, 9.17) is 4.74 Å². The molecule has 0 atom stereocenters. The second kappa shape index (κ2) is 7.36. The SMILES string of the molecule is CCC(=O)OC1=C(C(=O)c2ccccc2)N(CC)S(=O)(=O)c2ccccc21. The molecule has 140 valence electrons. The molecule has 1 aliphatic rings. The number of fused-ring (bicyclic) bond motifs is 1. The second-order valence-corrected chi connectivity index (χ2v) is 7.70. The zero-order valence-corrected chi connectivity index (χ0v) is 15.8. The van der Waals surface area contributed by atoms with E-state index in [-0.39, 0.29) is 34.9 Å². The lowest BCUT2D eigenvalue weighted by Crippen LogP contribution is -2.38. The molecular formula is C20H19NO5S. The van der Waals surface area contributed by atoms with E-state index in [1.165, 1.54) is 12.1 Å². The van der Waals surface area contributed by atoms with Crippen molar-refractivity contribution < 1.29 is 22.7 Å². The largest absolute Gasteiger partial charge is 0.423 e. The molecule has 0 spiro atoms. The van der Waals surface area contributed by atoms with E-state index in [0.717, 1.165) is 4.31 Å². The van der Waals surface area contributed by atoms with Crippen LogP contribution in [0.3, 0.4) is 0 Å². The zero-order chi connectivity index (χ0) is 19.6. The summed E-state index contributed by atoms with van der Waals surface area (Å²) in [5.41, 5.74) is 0.373. The molecule has 0 saturated heterocycles. The minimum absolute atomic E-state index is 0.00960. The van der Waals surface area contributed by atoms with Gasteiger partial charge in [-0.25, -0.2) is 8.42 Å². The van der Waals surface area contributed by atoms with Crippen LogP contribution in [0.15, 0.2) is 65.2 Å². The smallest absolute Gasteiger partial charge is 0.310 e. The van der Waals surface area contributed by atoms with Crippen molar-refractivity contribution in [2.75, 3.05) is 6.54 Å². The molecule has 0 fully saturated rings. The maximum atomic E-state index is 13.2. The number of hydrogen-bond donors (Lipinski definition) is 0. The average molecular weight is 385 g/mol. The van der Waals surface area contributed by atoms with Gasteiger partial charge in [-0.05, 0) is 19.1 Å². The molecule has 2 aromatic rings. The molecule has 6 nitrogen and oxygen atoms in total. The highest BCUT2D eigenvalue weighted by Gasteiger charge is 2.40. The Kier molecular flexibility index (Phi) is 5.14. The predicted octanol–water partition coefficient (Wildman–Crippen LogP) is 3.22. The van der Waals surface area contributed by atoms with Crippen molar-refractivity contribution in [1.82, 2.24) is 4.31 Å². The molecule has 3 rings (SSSR count). The van der Waals surface area contributed by atoms with Crippen LogP contribution in [0.1, 0.15) is 36.2 Å². The Bertz CT molecular complexity index is 1030. The fourth-order valence-electron chi connectivity index (χ4n) is 2.92. The molecule has 1 heterocycles. The Balaban J connectivity index is 2.33. The summed E-state index contributed by atoms with van der Waals surface area (Å²) in [4.78, 5) is 25.2. The van der Waals surface area contributed by atoms with E-state index in [1.54, 1.807) is 56.3 Å². The minimum Gasteiger partial charge on any atom is -0.423 e. The van der Waals surface area contributed by atoms with Gasteiger partial charge >= 0.3 is 5.97 Å². The normalized spacial score (nSPS) is 15.3. The van der Waals surface area contributed by atoms with Gasteiger partial charge in [-0.3, -0.25) is 13.9 Å². The molecule has 0 radical (unpaired) electrons. The standard InChI is InChI=1S/C20H19NO5S/c1-3-17(22)26-20-15-12-8-9-13-16(15)27(24,25)21(4-2)18(20)19(23)14-10-6-5-7-11-14/h5-13H,3-4H2,1-2H3. The minimum atomic E-state index is -3.95. The quantitative estimate of drug-likeness (QED) is 0.583. The Morgan fingerprint density at radius 1 is 0.963 bits per heavy atom. The van der Waals surface area contributed by atoms with E-state index >= 15 is 0 Å². The van der Waals surface area contributed by atoms with Crippen molar-refractivity contribution in [3.63, 3.8) is 0 Å². The number of Topliss-reactive ketones (excluding diaryl/α,β-unsaturated/α-hetero) is 1. The molecule has 1 aliphatic heterocycles. The molecular weight excluding hydrogens is 366 g/mol. The molecule has 0 N–H and O–H groups in total. The first-order valence-corrected chi connectivity index (χ1v) is 10.0.